The van der Waals surface area contributed by atoms with Crippen molar-refractivity contribution in [1.29, 1.82) is 0 Å². The summed E-state index contributed by atoms with van der Waals surface area (Å²) in [6.07, 6.45) is 0.723. The maximum Gasteiger partial charge on any atom is 0.254 e. The number of amides is 1. The van der Waals surface area contributed by atoms with Crippen LogP contribution in [0.2, 0.25) is 0 Å². The number of nitrogens with zero attached hydrogens (tertiary/aromatic N) is 1. The van der Waals surface area contributed by atoms with Crippen LogP contribution in [0.25, 0.3) is 0 Å². The van der Waals surface area contributed by atoms with Crippen LogP contribution in [0.15, 0.2) is 24.3 Å². The monoisotopic (exact) mass is 321 g/mol. The number of carbonyl (C=O) groups excluding carboxylic acids is 1. The van der Waals surface area contributed by atoms with E-state index in [1.807, 2.05) is 25.1 Å². The SMILES string of the molecule is CCN(C(=O)c1cccc(CCC(C)(C)O)c1)[C@@H]1COC[C@H]1O. The van der Waals surface area contributed by atoms with E-state index in [9.17, 15) is 15.0 Å². The van der Waals surface area contributed by atoms with E-state index in [2.05, 4.69) is 0 Å². The Kier molecular flexibility index (Phi) is 5.79. The second-order valence-corrected chi connectivity index (χ2v) is 6.78. The molecule has 0 spiro atoms. The number of benzene rings is 1. The summed E-state index contributed by atoms with van der Waals surface area (Å²) in [5.74, 6) is -0.0906. The largest absolute Gasteiger partial charge is 0.390 e. The fourth-order valence-corrected chi connectivity index (χ4v) is 2.83. The molecule has 23 heavy (non-hydrogen) atoms. The first-order valence-corrected chi connectivity index (χ1v) is 8.20. The molecule has 1 aromatic carbocycles. The molecule has 0 bridgehead atoms. The third-order valence-electron chi connectivity index (χ3n) is 4.22. The molecule has 0 saturated carbocycles. The normalized spacial score (nSPS) is 21.4. The first kappa shape index (κ1) is 17.9. The average molecular weight is 321 g/mol. The Morgan fingerprint density at radius 2 is 2.13 bits per heavy atom. The number of likely N-dealkylation sites (N-methyl/N-ethyl adjacent to an activating group) is 1. The maximum absolute atomic E-state index is 12.8. The molecule has 1 saturated heterocycles. The van der Waals surface area contributed by atoms with Crippen LogP contribution in [0.3, 0.4) is 0 Å². The molecule has 2 rings (SSSR count). The van der Waals surface area contributed by atoms with E-state index in [-0.39, 0.29) is 18.6 Å². The van der Waals surface area contributed by atoms with Crippen molar-refractivity contribution in [2.45, 2.75) is 51.4 Å². The fraction of sp³-hybridized carbons (Fsp3) is 0.611. The van der Waals surface area contributed by atoms with Gasteiger partial charge in [-0.3, -0.25) is 4.79 Å². The molecular formula is C18H27NO4. The van der Waals surface area contributed by atoms with Crippen molar-refractivity contribution in [3.63, 3.8) is 0 Å². The number of aliphatic hydroxyl groups excluding tert-OH is 1. The molecule has 1 amide bonds. The van der Waals surface area contributed by atoms with Gasteiger partial charge in [-0.05, 0) is 51.3 Å². The highest BCUT2D eigenvalue weighted by Gasteiger charge is 2.34. The Hall–Kier alpha value is -1.43. The molecule has 0 aliphatic carbocycles. The molecule has 0 radical (unpaired) electrons. The smallest absolute Gasteiger partial charge is 0.254 e. The lowest BCUT2D eigenvalue weighted by atomic mass is 9.97. The van der Waals surface area contributed by atoms with Gasteiger partial charge < -0.3 is 19.8 Å². The van der Waals surface area contributed by atoms with Gasteiger partial charge in [0.25, 0.3) is 5.91 Å². The predicted molar refractivity (Wildman–Crippen MR) is 88.4 cm³/mol. The number of ether oxygens (including phenoxy) is 1. The zero-order chi connectivity index (χ0) is 17.0. The Labute approximate surface area is 137 Å². The highest BCUT2D eigenvalue weighted by molar-refractivity contribution is 5.94. The predicted octanol–water partition coefficient (Wildman–Crippen LogP) is 1.61. The van der Waals surface area contributed by atoms with Gasteiger partial charge in [0.2, 0.25) is 0 Å². The van der Waals surface area contributed by atoms with Gasteiger partial charge in [-0.25, -0.2) is 0 Å². The van der Waals surface area contributed by atoms with Gasteiger partial charge in [0.05, 0.1) is 31.0 Å². The molecule has 0 unspecified atom stereocenters. The van der Waals surface area contributed by atoms with Crippen LogP contribution in [0.5, 0.6) is 0 Å². The molecule has 1 heterocycles. The Morgan fingerprint density at radius 3 is 2.70 bits per heavy atom. The minimum atomic E-state index is -0.721. The van der Waals surface area contributed by atoms with Crippen LogP contribution in [0.1, 0.15) is 43.1 Å². The zero-order valence-electron chi connectivity index (χ0n) is 14.2. The van der Waals surface area contributed by atoms with E-state index < -0.39 is 11.7 Å². The minimum Gasteiger partial charge on any atom is -0.390 e. The van der Waals surface area contributed by atoms with Gasteiger partial charge in [-0.1, -0.05) is 12.1 Å². The summed E-state index contributed by atoms with van der Waals surface area (Å²) >= 11 is 0. The number of rotatable bonds is 6. The number of hydrogen-bond acceptors (Lipinski definition) is 4. The van der Waals surface area contributed by atoms with Gasteiger partial charge in [0.1, 0.15) is 0 Å². The Balaban J connectivity index is 2.11. The minimum absolute atomic E-state index is 0.0906. The lowest BCUT2D eigenvalue weighted by Gasteiger charge is -2.29. The summed E-state index contributed by atoms with van der Waals surface area (Å²) in [4.78, 5) is 14.4. The topological polar surface area (TPSA) is 70.0 Å². The maximum atomic E-state index is 12.8. The lowest BCUT2D eigenvalue weighted by Crippen LogP contribution is -2.46. The molecule has 1 aromatic rings. The third kappa shape index (κ3) is 4.77. The molecule has 1 aliphatic rings. The number of aliphatic hydroxyl groups is 2. The van der Waals surface area contributed by atoms with E-state index in [0.29, 0.717) is 31.6 Å². The van der Waals surface area contributed by atoms with Gasteiger partial charge in [-0.2, -0.15) is 0 Å². The molecule has 1 aliphatic heterocycles. The van der Waals surface area contributed by atoms with E-state index in [4.69, 9.17) is 4.74 Å². The molecule has 5 heteroatoms. The van der Waals surface area contributed by atoms with Crippen LogP contribution < -0.4 is 0 Å². The van der Waals surface area contributed by atoms with Crippen molar-refractivity contribution in [2.75, 3.05) is 19.8 Å². The van der Waals surface area contributed by atoms with E-state index in [0.717, 1.165) is 5.56 Å². The molecule has 2 atom stereocenters. The second-order valence-electron chi connectivity index (χ2n) is 6.78. The quantitative estimate of drug-likeness (QED) is 0.835. The summed E-state index contributed by atoms with van der Waals surface area (Å²) in [6, 6.07) is 7.21. The van der Waals surface area contributed by atoms with Gasteiger partial charge in [-0.15, -0.1) is 0 Å². The third-order valence-corrected chi connectivity index (χ3v) is 4.22. The fourth-order valence-electron chi connectivity index (χ4n) is 2.83. The first-order valence-electron chi connectivity index (χ1n) is 8.20. The molecule has 128 valence electrons. The number of hydrogen-bond donors (Lipinski definition) is 2. The second kappa shape index (κ2) is 7.43. The summed E-state index contributed by atoms with van der Waals surface area (Å²) in [7, 11) is 0. The number of aryl methyl sites for hydroxylation is 1. The van der Waals surface area contributed by atoms with E-state index in [1.54, 1.807) is 24.8 Å². The molecule has 0 aromatic heterocycles. The Bertz CT molecular complexity index is 538. The van der Waals surface area contributed by atoms with Crippen LogP contribution in [-0.2, 0) is 11.2 Å². The van der Waals surface area contributed by atoms with Crippen molar-refractivity contribution in [1.82, 2.24) is 4.90 Å². The van der Waals surface area contributed by atoms with E-state index >= 15 is 0 Å². The highest BCUT2D eigenvalue weighted by Crippen LogP contribution is 2.19. The van der Waals surface area contributed by atoms with Gasteiger partial charge in [0, 0.05) is 12.1 Å². The van der Waals surface area contributed by atoms with Crippen molar-refractivity contribution in [3.8, 4) is 0 Å². The molecule has 2 N–H and O–H groups in total. The van der Waals surface area contributed by atoms with E-state index in [1.165, 1.54) is 0 Å². The molecular weight excluding hydrogens is 294 g/mol. The summed E-state index contributed by atoms with van der Waals surface area (Å²) < 4.78 is 5.27. The molecule has 5 nitrogen and oxygen atoms in total. The van der Waals surface area contributed by atoms with Crippen LogP contribution in [0, 0.1) is 0 Å². The summed E-state index contributed by atoms with van der Waals surface area (Å²) in [5, 5.41) is 19.8. The number of carbonyl (C=O) groups is 1. The van der Waals surface area contributed by atoms with Crippen molar-refractivity contribution < 1.29 is 19.7 Å². The average Bonchev–Trinajstić information content (AvgIpc) is 2.92. The van der Waals surface area contributed by atoms with Crippen molar-refractivity contribution in [3.05, 3.63) is 35.4 Å². The summed E-state index contributed by atoms with van der Waals surface area (Å²) in [5.41, 5.74) is 0.914. The summed E-state index contributed by atoms with van der Waals surface area (Å²) in [6.45, 7) is 6.64. The van der Waals surface area contributed by atoms with Crippen molar-refractivity contribution in [2.24, 2.45) is 0 Å². The van der Waals surface area contributed by atoms with Gasteiger partial charge in [0.15, 0.2) is 0 Å². The van der Waals surface area contributed by atoms with Crippen LogP contribution in [0.4, 0.5) is 0 Å². The lowest BCUT2D eigenvalue weighted by molar-refractivity contribution is 0.0520. The molecule has 1 fully saturated rings. The highest BCUT2D eigenvalue weighted by atomic mass is 16.5. The zero-order valence-corrected chi connectivity index (χ0v) is 14.2. The van der Waals surface area contributed by atoms with Crippen molar-refractivity contribution >= 4 is 5.91 Å². The van der Waals surface area contributed by atoms with Crippen LogP contribution in [-0.4, -0.2) is 58.5 Å². The van der Waals surface area contributed by atoms with Gasteiger partial charge >= 0.3 is 0 Å². The van der Waals surface area contributed by atoms with Crippen LogP contribution >= 0.6 is 0 Å². The first-order chi connectivity index (χ1) is 10.8. The Morgan fingerprint density at radius 1 is 1.39 bits per heavy atom. The standard InChI is InChI=1S/C18H27NO4/c1-4-19(15-11-23-12-16(15)20)17(21)14-7-5-6-13(10-14)8-9-18(2,3)22/h5-7,10,15-16,20,22H,4,8-9,11-12H2,1-3H3/t15-,16-/m1/s1.